The maximum absolute atomic E-state index is 12.7. The molecule has 0 radical (unpaired) electrons. The highest BCUT2D eigenvalue weighted by atomic mass is 35.5. The van der Waals surface area contributed by atoms with Crippen LogP contribution in [-0.2, 0) is 17.9 Å². The first-order valence-electron chi connectivity index (χ1n) is 10.8. The molecular formula is C26H25ClN2O3S. The standard InChI is InChI=1S/C26H25ClN2O3S/c1-2-32-23-6-4-3-5-21(23)15-28-25(31)19-9-11-20(12-10-19)26-29(24(30)17-33-26)16-18-7-13-22(27)14-8-18/h3-14,26H,2,15-17H2,1H3,(H,28,31)/t26-/m0/s1. The lowest BCUT2D eigenvalue weighted by atomic mass is 10.1. The number of halogens is 1. The second-order valence-corrected chi connectivity index (χ2v) is 9.16. The number of para-hydroxylation sites is 1. The van der Waals surface area contributed by atoms with Gasteiger partial charge >= 0.3 is 0 Å². The molecule has 1 N–H and O–H groups in total. The fraction of sp³-hybridized carbons (Fsp3) is 0.231. The molecule has 0 unspecified atom stereocenters. The van der Waals surface area contributed by atoms with Gasteiger partial charge in [-0.2, -0.15) is 0 Å². The number of carbonyl (C=O) groups excluding carboxylic acids is 2. The summed E-state index contributed by atoms with van der Waals surface area (Å²) in [5.74, 6) is 1.18. The summed E-state index contributed by atoms with van der Waals surface area (Å²) in [5.41, 5.74) is 3.54. The molecule has 2 amide bonds. The van der Waals surface area contributed by atoms with Crippen molar-refractivity contribution in [2.45, 2.75) is 25.4 Å². The zero-order chi connectivity index (χ0) is 23.2. The van der Waals surface area contributed by atoms with E-state index in [2.05, 4.69) is 5.32 Å². The number of thioether (sulfide) groups is 1. The van der Waals surface area contributed by atoms with Crippen LogP contribution in [0.25, 0.3) is 0 Å². The van der Waals surface area contributed by atoms with Crippen LogP contribution in [0, 0.1) is 0 Å². The monoisotopic (exact) mass is 480 g/mol. The van der Waals surface area contributed by atoms with E-state index < -0.39 is 0 Å². The Labute approximate surface area is 203 Å². The van der Waals surface area contributed by atoms with E-state index in [1.807, 2.05) is 84.6 Å². The van der Waals surface area contributed by atoms with Gasteiger partial charge in [-0.05, 0) is 48.4 Å². The van der Waals surface area contributed by atoms with Gasteiger partial charge in [0.05, 0.1) is 12.4 Å². The van der Waals surface area contributed by atoms with Crippen LogP contribution < -0.4 is 10.1 Å². The van der Waals surface area contributed by atoms with Gasteiger partial charge in [-0.15, -0.1) is 11.8 Å². The van der Waals surface area contributed by atoms with Gasteiger partial charge in [0.15, 0.2) is 0 Å². The van der Waals surface area contributed by atoms with Gasteiger partial charge in [0.2, 0.25) is 5.91 Å². The minimum Gasteiger partial charge on any atom is -0.494 e. The summed E-state index contributed by atoms with van der Waals surface area (Å²) in [6.45, 7) is 3.42. The zero-order valence-corrected chi connectivity index (χ0v) is 19.9. The summed E-state index contributed by atoms with van der Waals surface area (Å²) in [5, 5.41) is 3.55. The highest BCUT2D eigenvalue weighted by molar-refractivity contribution is 8.00. The molecule has 0 saturated carbocycles. The normalized spacial score (nSPS) is 15.5. The number of benzene rings is 3. The first-order chi connectivity index (χ1) is 16.0. The second-order valence-electron chi connectivity index (χ2n) is 7.66. The highest BCUT2D eigenvalue weighted by Crippen LogP contribution is 2.39. The first kappa shape index (κ1) is 23.2. The van der Waals surface area contributed by atoms with E-state index in [0.29, 0.717) is 36.0 Å². The molecule has 3 aromatic carbocycles. The molecule has 1 atom stereocenters. The molecule has 0 aliphatic carbocycles. The third-order valence-electron chi connectivity index (χ3n) is 5.40. The van der Waals surface area contributed by atoms with E-state index in [9.17, 15) is 9.59 Å². The van der Waals surface area contributed by atoms with Crippen molar-refractivity contribution in [2.75, 3.05) is 12.4 Å². The SMILES string of the molecule is CCOc1ccccc1CNC(=O)c1ccc([C@@H]2SCC(=O)N2Cc2ccc(Cl)cc2)cc1. The molecule has 4 rings (SSSR count). The van der Waals surface area contributed by atoms with Crippen molar-refractivity contribution < 1.29 is 14.3 Å². The molecule has 7 heteroatoms. The molecule has 1 fully saturated rings. The van der Waals surface area contributed by atoms with Crippen LogP contribution in [0.2, 0.25) is 5.02 Å². The molecule has 0 aromatic heterocycles. The van der Waals surface area contributed by atoms with Crippen LogP contribution in [0.4, 0.5) is 0 Å². The number of carbonyl (C=O) groups is 2. The van der Waals surface area contributed by atoms with Gasteiger partial charge in [0, 0.05) is 29.2 Å². The number of nitrogens with zero attached hydrogens (tertiary/aromatic N) is 1. The Morgan fingerprint density at radius 2 is 1.82 bits per heavy atom. The Morgan fingerprint density at radius 3 is 2.55 bits per heavy atom. The Kier molecular flexibility index (Phi) is 7.57. The third-order valence-corrected chi connectivity index (χ3v) is 6.91. The summed E-state index contributed by atoms with van der Waals surface area (Å²) in [4.78, 5) is 27.0. The van der Waals surface area contributed by atoms with E-state index in [1.54, 1.807) is 11.8 Å². The van der Waals surface area contributed by atoms with Crippen LogP contribution in [-0.4, -0.2) is 29.1 Å². The van der Waals surface area contributed by atoms with Gasteiger partial charge in [-0.1, -0.05) is 54.1 Å². The van der Waals surface area contributed by atoms with Crippen molar-refractivity contribution in [3.8, 4) is 5.75 Å². The summed E-state index contributed by atoms with van der Waals surface area (Å²) >= 11 is 7.58. The van der Waals surface area contributed by atoms with Gasteiger partial charge in [0.25, 0.3) is 5.91 Å². The van der Waals surface area contributed by atoms with Crippen molar-refractivity contribution in [1.29, 1.82) is 0 Å². The highest BCUT2D eigenvalue weighted by Gasteiger charge is 2.32. The molecule has 1 saturated heterocycles. The van der Waals surface area contributed by atoms with Crippen LogP contribution in [0.3, 0.4) is 0 Å². The van der Waals surface area contributed by atoms with E-state index in [1.165, 1.54) is 0 Å². The number of nitrogens with one attached hydrogen (secondary N) is 1. The lowest BCUT2D eigenvalue weighted by Crippen LogP contribution is -2.27. The molecule has 0 spiro atoms. The fourth-order valence-corrected chi connectivity index (χ4v) is 5.02. The fourth-order valence-electron chi connectivity index (χ4n) is 3.71. The number of hydrogen-bond donors (Lipinski definition) is 1. The lowest BCUT2D eigenvalue weighted by molar-refractivity contribution is -0.128. The molecule has 3 aromatic rings. The number of hydrogen-bond acceptors (Lipinski definition) is 4. The van der Waals surface area contributed by atoms with Crippen LogP contribution >= 0.6 is 23.4 Å². The molecular weight excluding hydrogens is 456 g/mol. The predicted octanol–water partition coefficient (Wildman–Crippen LogP) is 5.44. The largest absolute Gasteiger partial charge is 0.494 e. The van der Waals surface area contributed by atoms with E-state index in [4.69, 9.17) is 16.3 Å². The zero-order valence-electron chi connectivity index (χ0n) is 18.3. The Morgan fingerprint density at radius 1 is 1.09 bits per heavy atom. The molecule has 0 bridgehead atoms. The molecule has 170 valence electrons. The average Bonchev–Trinajstić information content (AvgIpc) is 3.20. The molecule has 1 aliphatic rings. The molecule has 33 heavy (non-hydrogen) atoms. The number of amides is 2. The number of ether oxygens (including phenoxy) is 1. The topological polar surface area (TPSA) is 58.6 Å². The third kappa shape index (κ3) is 5.70. The Bertz CT molecular complexity index is 1120. The van der Waals surface area contributed by atoms with E-state index in [-0.39, 0.29) is 17.2 Å². The van der Waals surface area contributed by atoms with Crippen molar-refractivity contribution >= 4 is 35.2 Å². The maximum atomic E-state index is 12.7. The summed E-state index contributed by atoms with van der Waals surface area (Å²) in [6.07, 6.45) is 0. The van der Waals surface area contributed by atoms with Gasteiger partial charge in [-0.3, -0.25) is 9.59 Å². The quantitative estimate of drug-likeness (QED) is 0.466. The maximum Gasteiger partial charge on any atom is 0.251 e. The summed E-state index contributed by atoms with van der Waals surface area (Å²) < 4.78 is 5.62. The van der Waals surface area contributed by atoms with Crippen LogP contribution in [0.5, 0.6) is 5.75 Å². The van der Waals surface area contributed by atoms with E-state index in [0.717, 1.165) is 22.4 Å². The van der Waals surface area contributed by atoms with Crippen LogP contribution in [0.1, 0.15) is 39.3 Å². The lowest BCUT2D eigenvalue weighted by Gasteiger charge is -2.24. The second kappa shape index (κ2) is 10.8. The van der Waals surface area contributed by atoms with Gasteiger partial charge in [-0.25, -0.2) is 0 Å². The smallest absolute Gasteiger partial charge is 0.251 e. The predicted molar refractivity (Wildman–Crippen MR) is 132 cm³/mol. The summed E-state index contributed by atoms with van der Waals surface area (Å²) in [6, 6.07) is 22.7. The minimum absolute atomic E-state index is 0.0802. The van der Waals surface area contributed by atoms with E-state index >= 15 is 0 Å². The van der Waals surface area contributed by atoms with Gasteiger partial charge in [0.1, 0.15) is 11.1 Å². The van der Waals surface area contributed by atoms with Crippen molar-refractivity contribution in [3.05, 3.63) is 100 Å². The molecule has 1 heterocycles. The first-order valence-corrected chi connectivity index (χ1v) is 12.2. The molecule has 5 nitrogen and oxygen atoms in total. The summed E-state index contributed by atoms with van der Waals surface area (Å²) in [7, 11) is 0. The van der Waals surface area contributed by atoms with Crippen molar-refractivity contribution in [2.24, 2.45) is 0 Å². The Balaban J connectivity index is 1.41. The molecule has 1 aliphatic heterocycles. The van der Waals surface area contributed by atoms with Crippen molar-refractivity contribution in [3.63, 3.8) is 0 Å². The average molecular weight is 481 g/mol. The minimum atomic E-state index is -0.152. The Hall–Kier alpha value is -2.96. The van der Waals surface area contributed by atoms with Crippen molar-refractivity contribution in [1.82, 2.24) is 10.2 Å². The van der Waals surface area contributed by atoms with Gasteiger partial charge < -0.3 is 15.0 Å². The van der Waals surface area contributed by atoms with Crippen LogP contribution in [0.15, 0.2) is 72.8 Å². The number of rotatable bonds is 8.